The van der Waals surface area contributed by atoms with E-state index < -0.39 is 0 Å². The molecule has 1 aromatic heterocycles. The van der Waals surface area contributed by atoms with E-state index in [4.69, 9.17) is 0 Å². The van der Waals surface area contributed by atoms with Gasteiger partial charge in [-0.2, -0.15) is 5.10 Å². The lowest BCUT2D eigenvalue weighted by atomic mass is 10.2. The SMILES string of the molecule is C=CCn1nc(C)c(C(=O)NCCCN2CCCC2=O)c1C. The lowest BCUT2D eigenvalue weighted by Gasteiger charge is -2.15. The van der Waals surface area contributed by atoms with Gasteiger partial charge in [-0.15, -0.1) is 6.58 Å². The van der Waals surface area contributed by atoms with Crippen molar-refractivity contribution in [1.82, 2.24) is 20.0 Å². The number of carbonyl (C=O) groups is 2. The van der Waals surface area contributed by atoms with Crippen molar-refractivity contribution >= 4 is 11.8 Å². The minimum absolute atomic E-state index is 0.0990. The second-order valence-electron chi connectivity index (χ2n) is 5.61. The summed E-state index contributed by atoms with van der Waals surface area (Å²) in [4.78, 5) is 25.7. The van der Waals surface area contributed by atoms with Crippen molar-refractivity contribution in [3.05, 3.63) is 29.6 Å². The highest BCUT2D eigenvalue weighted by Crippen LogP contribution is 2.13. The Morgan fingerprint density at radius 1 is 1.45 bits per heavy atom. The predicted octanol–water partition coefficient (Wildman–Crippen LogP) is 1.43. The average molecular weight is 304 g/mol. The van der Waals surface area contributed by atoms with Crippen LogP contribution in [-0.4, -0.2) is 46.1 Å². The molecule has 120 valence electrons. The molecule has 2 rings (SSSR count). The van der Waals surface area contributed by atoms with Gasteiger partial charge in [0.2, 0.25) is 5.91 Å². The van der Waals surface area contributed by atoms with Gasteiger partial charge < -0.3 is 10.2 Å². The summed E-state index contributed by atoms with van der Waals surface area (Å²) in [6, 6.07) is 0. The second kappa shape index (κ2) is 7.24. The number of allylic oxidation sites excluding steroid dienone is 1. The van der Waals surface area contributed by atoms with Crippen molar-refractivity contribution in [2.24, 2.45) is 0 Å². The Labute approximate surface area is 131 Å². The Morgan fingerprint density at radius 3 is 2.86 bits per heavy atom. The Hall–Kier alpha value is -2.11. The molecule has 1 aliphatic heterocycles. The largest absolute Gasteiger partial charge is 0.352 e. The maximum atomic E-state index is 12.3. The summed E-state index contributed by atoms with van der Waals surface area (Å²) in [7, 11) is 0. The molecule has 0 radical (unpaired) electrons. The second-order valence-corrected chi connectivity index (χ2v) is 5.61. The lowest BCUT2D eigenvalue weighted by molar-refractivity contribution is -0.127. The van der Waals surface area contributed by atoms with Gasteiger partial charge in [-0.1, -0.05) is 6.08 Å². The zero-order valence-electron chi connectivity index (χ0n) is 13.4. The van der Waals surface area contributed by atoms with Crippen LogP contribution in [0.5, 0.6) is 0 Å². The van der Waals surface area contributed by atoms with E-state index in [1.807, 2.05) is 18.7 Å². The van der Waals surface area contributed by atoms with E-state index in [-0.39, 0.29) is 11.8 Å². The third-order valence-corrected chi connectivity index (χ3v) is 3.97. The molecule has 0 saturated carbocycles. The predicted molar refractivity (Wildman–Crippen MR) is 84.7 cm³/mol. The number of amides is 2. The van der Waals surface area contributed by atoms with Crippen LogP contribution < -0.4 is 5.32 Å². The van der Waals surface area contributed by atoms with Gasteiger partial charge in [0.1, 0.15) is 0 Å². The van der Waals surface area contributed by atoms with E-state index >= 15 is 0 Å². The molecule has 0 unspecified atom stereocenters. The highest BCUT2D eigenvalue weighted by molar-refractivity contribution is 5.96. The van der Waals surface area contributed by atoms with Gasteiger partial charge in [0, 0.05) is 31.7 Å². The molecule has 1 aromatic rings. The minimum Gasteiger partial charge on any atom is -0.352 e. The Balaban J connectivity index is 1.84. The smallest absolute Gasteiger partial charge is 0.255 e. The normalized spacial score (nSPS) is 14.5. The van der Waals surface area contributed by atoms with Crippen molar-refractivity contribution in [2.75, 3.05) is 19.6 Å². The topological polar surface area (TPSA) is 67.2 Å². The van der Waals surface area contributed by atoms with Crippen LogP contribution in [0.2, 0.25) is 0 Å². The number of rotatable bonds is 7. The van der Waals surface area contributed by atoms with Crippen molar-refractivity contribution in [2.45, 2.75) is 39.7 Å². The first-order chi connectivity index (χ1) is 10.5. The standard InChI is InChI=1S/C16H24N4O2/c1-4-9-20-13(3)15(12(2)18-20)16(22)17-8-6-11-19-10-5-7-14(19)21/h4H,1,5-11H2,2-3H3,(H,17,22). The minimum atomic E-state index is -0.0990. The maximum Gasteiger partial charge on any atom is 0.255 e. The average Bonchev–Trinajstić information content (AvgIpc) is 3.00. The van der Waals surface area contributed by atoms with Crippen LogP contribution in [0.4, 0.5) is 0 Å². The molecule has 2 heterocycles. The molecule has 22 heavy (non-hydrogen) atoms. The molecule has 1 saturated heterocycles. The van der Waals surface area contributed by atoms with Gasteiger partial charge >= 0.3 is 0 Å². The van der Waals surface area contributed by atoms with E-state index in [1.54, 1.807) is 10.8 Å². The summed E-state index contributed by atoms with van der Waals surface area (Å²) in [5.41, 5.74) is 2.22. The summed E-state index contributed by atoms with van der Waals surface area (Å²) in [6.07, 6.45) is 4.14. The van der Waals surface area contributed by atoms with E-state index in [9.17, 15) is 9.59 Å². The van der Waals surface area contributed by atoms with E-state index in [2.05, 4.69) is 17.0 Å². The molecule has 0 aliphatic carbocycles. The number of carbonyl (C=O) groups excluding carboxylic acids is 2. The summed E-state index contributed by atoms with van der Waals surface area (Å²) in [5, 5.41) is 7.27. The number of nitrogens with one attached hydrogen (secondary N) is 1. The van der Waals surface area contributed by atoms with Gasteiger partial charge in [-0.25, -0.2) is 0 Å². The first-order valence-corrected chi connectivity index (χ1v) is 7.75. The van der Waals surface area contributed by atoms with Crippen LogP contribution in [-0.2, 0) is 11.3 Å². The number of nitrogens with zero attached hydrogens (tertiary/aromatic N) is 3. The third kappa shape index (κ3) is 3.55. The summed E-state index contributed by atoms with van der Waals surface area (Å²) >= 11 is 0. The number of hydrogen-bond acceptors (Lipinski definition) is 3. The van der Waals surface area contributed by atoms with Gasteiger partial charge in [0.15, 0.2) is 0 Å². The van der Waals surface area contributed by atoms with Crippen LogP contribution in [0.3, 0.4) is 0 Å². The fourth-order valence-corrected chi connectivity index (χ4v) is 2.83. The number of aromatic nitrogens is 2. The molecule has 6 heteroatoms. The van der Waals surface area contributed by atoms with Gasteiger partial charge in [0.25, 0.3) is 5.91 Å². The molecule has 1 fully saturated rings. The quantitative estimate of drug-likeness (QED) is 0.612. The molecular weight excluding hydrogens is 280 g/mol. The summed E-state index contributed by atoms with van der Waals surface area (Å²) in [6.45, 7) is 10.1. The number of likely N-dealkylation sites (tertiary alicyclic amines) is 1. The van der Waals surface area contributed by atoms with Crippen LogP contribution >= 0.6 is 0 Å². The van der Waals surface area contributed by atoms with Gasteiger partial charge in [-0.3, -0.25) is 14.3 Å². The monoisotopic (exact) mass is 304 g/mol. The molecule has 0 spiro atoms. The van der Waals surface area contributed by atoms with Gasteiger partial charge in [0.05, 0.1) is 17.8 Å². The van der Waals surface area contributed by atoms with Crippen LogP contribution in [0, 0.1) is 13.8 Å². The van der Waals surface area contributed by atoms with Crippen LogP contribution in [0.15, 0.2) is 12.7 Å². The number of aryl methyl sites for hydroxylation is 1. The lowest BCUT2D eigenvalue weighted by Crippen LogP contribution is -2.31. The van der Waals surface area contributed by atoms with E-state index in [1.165, 1.54) is 0 Å². The molecule has 0 atom stereocenters. The Morgan fingerprint density at radius 2 is 2.23 bits per heavy atom. The molecule has 1 N–H and O–H groups in total. The van der Waals surface area contributed by atoms with Crippen molar-refractivity contribution < 1.29 is 9.59 Å². The maximum absolute atomic E-state index is 12.3. The Bertz CT molecular complexity index is 577. The summed E-state index contributed by atoms with van der Waals surface area (Å²) < 4.78 is 1.78. The van der Waals surface area contributed by atoms with Crippen LogP contribution in [0.1, 0.15) is 41.0 Å². The van der Waals surface area contributed by atoms with Crippen molar-refractivity contribution in [3.8, 4) is 0 Å². The first-order valence-electron chi connectivity index (χ1n) is 7.75. The zero-order chi connectivity index (χ0) is 16.1. The fourth-order valence-electron chi connectivity index (χ4n) is 2.83. The highest BCUT2D eigenvalue weighted by Gasteiger charge is 2.20. The molecule has 2 amide bonds. The zero-order valence-corrected chi connectivity index (χ0v) is 13.4. The number of hydrogen-bond donors (Lipinski definition) is 1. The van der Waals surface area contributed by atoms with E-state index in [0.29, 0.717) is 31.6 Å². The fraction of sp³-hybridized carbons (Fsp3) is 0.562. The molecular formula is C16H24N4O2. The van der Waals surface area contributed by atoms with Crippen LogP contribution in [0.25, 0.3) is 0 Å². The molecule has 0 aromatic carbocycles. The summed E-state index contributed by atoms with van der Waals surface area (Å²) in [5.74, 6) is 0.127. The first kappa shape index (κ1) is 16.3. The molecule has 6 nitrogen and oxygen atoms in total. The van der Waals surface area contributed by atoms with Gasteiger partial charge in [-0.05, 0) is 26.7 Å². The molecule has 1 aliphatic rings. The third-order valence-electron chi connectivity index (χ3n) is 3.97. The van der Waals surface area contributed by atoms with Crippen molar-refractivity contribution in [3.63, 3.8) is 0 Å². The van der Waals surface area contributed by atoms with E-state index in [0.717, 1.165) is 30.8 Å². The van der Waals surface area contributed by atoms with Crippen molar-refractivity contribution in [1.29, 1.82) is 0 Å². The Kier molecular flexibility index (Phi) is 5.35. The highest BCUT2D eigenvalue weighted by atomic mass is 16.2. The molecule has 0 bridgehead atoms.